The van der Waals surface area contributed by atoms with Gasteiger partial charge in [0.2, 0.25) is 12.7 Å². The van der Waals surface area contributed by atoms with Crippen LogP contribution in [0.25, 0.3) is 11.2 Å². The second-order valence-corrected chi connectivity index (χ2v) is 7.56. The smallest absolute Gasteiger partial charge is 0.330 e. The van der Waals surface area contributed by atoms with E-state index in [9.17, 15) is 4.79 Å². The maximum Gasteiger partial charge on any atom is 0.330 e. The topological polar surface area (TPSA) is 92.4 Å². The number of anilines is 2. The Bertz CT molecular complexity index is 1130. The lowest BCUT2D eigenvalue weighted by molar-refractivity contribution is 0.0612. The average Bonchev–Trinajstić information content (AvgIpc) is 3.27. The zero-order valence-corrected chi connectivity index (χ0v) is 16.5. The van der Waals surface area contributed by atoms with E-state index in [-0.39, 0.29) is 12.5 Å². The number of nitrogens with zero attached hydrogens (tertiary/aromatic N) is 4. The Hall–Kier alpha value is -3.07. The van der Waals surface area contributed by atoms with Gasteiger partial charge >= 0.3 is 5.69 Å². The van der Waals surface area contributed by atoms with Gasteiger partial charge in [-0.1, -0.05) is 0 Å². The van der Waals surface area contributed by atoms with Crippen molar-refractivity contribution in [1.82, 2.24) is 19.1 Å². The minimum atomic E-state index is -0.0720. The fourth-order valence-corrected chi connectivity index (χ4v) is 3.89. The number of fused-ring (bicyclic) bond motifs is 2. The first-order chi connectivity index (χ1) is 14.1. The van der Waals surface area contributed by atoms with E-state index in [0.29, 0.717) is 29.8 Å². The minimum absolute atomic E-state index is 0.0720. The first-order valence-corrected chi connectivity index (χ1v) is 9.77. The van der Waals surface area contributed by atoms with Crippen molar-refractivity contribution in [2.45, 2.75) is 26.3 Å². The molecule has 152 valence electrons. The molecule has 1 fully saturated rings. The van der Waals surface area contributed by atoms with Gasteiger partial charge in [0.1, 0.15) is 5.52 Å². The molecule has 1 saturated heterocycles. The van der Waals surface area contributed by atoms with Crippen LogP contribution in [0.2, 0.25) is 0 Å². The molecule has 9 nitrogen and oxygen atoms in total. The van der Waals surface area contributed by atoms with Crippen LogP contribution in [0.1, 0.15) is 18.4 Å². The lowest BCUT2D eigenvalue weighted by atomic mass is 10.0. The lowest BCUT2D eigenvalue weighted by Crippen LogP contribution is -2.28. The number of nitrogens with one attached hydrogen (secondary N) is 1. The number of ether oxygens (including phenoxy) is 3. The Morgan fingerprint density at radius 2 is 1.97 bits per heavy atom. The first kappa shape index (κ1) is 18.0. The van der Waals surface area contributed by atoms with Crippen LogP contribution in [-0.2, 0) is 18.3 Å². The quantitative estimate of drug-likeness (QED) is 0.722. The van der Waals surface area contributed by atoms with E-state index < -0.39 is 0 Å². The summed E-state index contributed by atoms with van der Waals surface area (Å²) in [6.45, 7) is 4.33. The normalized spacial score (nSPS) is 16.5. The van der Waals surface area contributed by atoms with Gasteiger partial charge in [-0.3, -0.25) is 9.13 Å². The van der Waals surface area contributed by atoms with Crippen molar-refractivity contribution in [1.29, 1.82) is 0 Å². The summed E-state index contributed by atoms with van der Waals surface area (Å²) < 4.78 is 19.7. The molecule has 0 amide bonds. The zero-order chi connectivity index (χ0) is 20.0. The number of aromatic nitrogens is 4. The molecular weight excluding hydrogens is 374 g/mol. The van der Waals surface area contributed by atoms with Gasteiger partial charge in [0.05, 0.1) is 6.20 Å². The SMILES string of the molecule is Cc1cc2c(cc1Nc1ncc3c(n1)n(CC1CCOCC1)c(=O)n3C)OCO2. The van der Waals surface area contributed by atoms with Crippen LogP contribution in [0, 0.1) is 12.8 Å². The summed E-state index contributed by atoms with van der Waals surface area (Å²) in [6.07, 6.45) is 3.60. The van der Waals surface area contributed by atoms with Crippen LogP contribution in [0.3, 0.4) is 0 Å². The maximum absolute atomic E-state index is 12.8. The molecule has 0 unspecified atom stereocenters. The molecule has 1 N–H and O–H groups in total. The Labute approximate surface area is 167 Å². The van der Waals surface area contributed by atoms with Crippen LogP contribution < -0.4 is 20.5 Å². The Morgan fingerprint density at radius 1 is 1.21 bits per heavy atom. The third kappa shape index (κ3) is 3.21. The molecule has 1 aromatic carbocycles. The molecule has 0 spiro atoms. The van der Waals surface area contributed by atoms with Gasteiger partial charge in [-0.25, -0.2) is 9.78 Å². The summed E-state index contributed by atoms with van der Waals surface area (Å²) in [4.78, 5) is 21.9. The van der Waals surface area contributed by atoms with E-state index in [2.05, 4.69) is 15.3 Å². The Kier molecular flexibility index (Phi) is 4.39. The van der Waals surface area contributed by atoms with Gasteiger partial charge in [-0.05, 0) is 37.3 Å². The molecule has 0 radical (unpaired) electrons. The number of benzene rings is 1. The van der Waals surface area contributed by atoms with Crippen molar-refractivity contribution in [3.8, 4) is 11.5 Å². The van der Waals surface area contributed by atoms with Crippen LogP contribution in [0.15, 0.2) is 23.1 Å². The van der Waals surface area contributed by atoms with Crippen LogP contribution in [-0.4, -0.2) is 39.1 Å². The van der Waals surface area contributed by atoms with E-state index in [4.69, 9.17) is 14.2 Å². The highest BCUT2D eigenvalue weighted by molar-refractivity contribution is 5.73. The van der Waals surface area contributed by atoms with Gasteiger partial charge in [0.25, 0.3) is 0 Å². The van der Waals surface area contributed by atoms with Crippen molar-refractivity contribution in [3.63, 3.8) is 0 Å². The Balaban J connectivity index is 1.49. The van der Waals surface area contributed by atoms with Crippen molar-refractivity contribution in [3.05, 3.63) is 34.4 Å². The van der Waals surface area contributed by atoms with Crippen LogP contribution in [0.4, 0.5) is 11.6 Å². The number of aryl methyl sites for hydroxylation is 2. The number of imidazole rings is 1. The third-order valence-electron chi connectivity index (χ3n) is 5.63. The van der Waals surface area contributed by atoms with Crippen molar-refractivity contribution >= 4 is 22.8 Å². The summed E-state index contributed by atoms with van der Waals surface area (Å²) in [7, 11) is 1.75. The zero-order valence-electron chi connectivity index (χ0n) is 16.5. The second-order valence-electron chi connectivity index (χ2n) is 7.56. The Morgan fingerprint density at radius 3 is 2.76 bits per heavy atom. The van der Waals surface area contributed by atoms with E-state index >= 15 is 0 Å². The molecule has 0 saturated carbocycles. The molecular formula is C20H23N5O4. The predicted octanol–water partition coefficient (Wildman–Crippen LogP) is 2.34. The maximum atomic E-state index is 12.8. The molecule has 2 aliphatic rings. The highest BCUT2D eigenvalue weighted by Crippen LogP contribution is 2.37. The van der Waals surface area contributed by atoms with Crippen molar-refractivity contribution < 1.29 is 14.2 Å². The molecule has 5 rings (SSSR count). The molecule has 3 aromatic rings. The van der Waals surface area contributed by atoms with E-state index in [1.54, 1.807) is 22.4 Å². The summed E-state index contributed by atoms with van der Waals surface area (Å²) in [5.41, 5.74) is 3.11. The number of rotatable bonds is 4. The van der Waals surface area contributed by atoms with Crippen molar-refractivity contribution in [2.24, 2.45) is 13.0 Å². The molecule has 29 heavy (non-hydrogen) atoms. The first-order valence-electron chi connectivity index (χ1n) is 9.77. The van der Waals surface area contributed by atoms with Gasteiger partial charge < -0.3 is 19.5 Å². The summed E-state index contributed by atoms with van der Waals surface area (Å²) in [5.74, 6) is 2.27. The number of hydrogen-bond donors (Lipinski definition) is 1. The largest absolute Gasteiger partial charge is 0.454 e. The lowest BCUT2D eigenvalue weighted by Gasteiger charge is -2.22. The fourth-order valence-electron chi connectivity index (χ4n) is 3.89. The minimum Gasteiger partial charge on any atom is -0.454 e. The average molecular weight is 397 g/mol. The molecule has 0 aliphatic carbocycles. The molecule has 2 aromatic heterocycles. The fraction of sp³-hybridized carbons (Fsp3) is 0.450. The van der Waals surface area contributed by atoms with Crippen LogP contribution >= 0.6 is 0 Å². The van der Waals surface area contributed by atoms with E-state index in [1.807, 2.05) is 19.1 Å². The van der Waals surface area contributed by atoms with Gasteiger partial charge in [-0.2, -0.15) is 4.98 Å². The van der Waals surface area contributed by atoms with Crippen LogP contribution in [0.5, 0.6) is 11.5 Å². The highest BCUT2D eigenvalue weighted by Gasteiger charge is 2.21. The van der Waals surface area contributed by atoms with Gasteiger partial charge in [0, 0.05) is 38.6 Å². The molecule has 0 atom stereocenters. The van der Waals surface area contributed by atoms with E-state index in [0.717, 1.165) is 48.6 Å². The number of hydrogen-bond acceptors (Lipinski definition) is 7. The molecule has 4 heterocycles. The monoisotopic (exact) mass is 397 g/mol. The van der Waals surface area contributed by atoms with E-state index in [1.165, 1.54) is 0 Å². The standard InChI is InChI=1S/C20H23N5O4/c1-12-7-16-17(29-11-28-16)8-14(12)22-19-21-9-15-18(23-19)25(20(26)24(15)2)10-13-3-5-27-6-4-13/h7-9,13H,3-6,10-11H2,1-2H3,(H,21,22,23). The molecule has 9 heteroatoms. The second kappa shape index (κ2) is 7.07. The molecule has 2 aliphatic heterocycles. The molecule has 0 bridgehead atoms. The summed E-state index contributed by atoms with van der Waals surface area (Å²) in [6, 6.07) is 3.80. The van der Waals surface area contributed by atoms with Gasteiger partial charge in [0.15, 0.2) is 17.1 Å². The van der Waals surface area contributed by atoms with Crippen molar-refractivity contribution in [2.75, 3.05) is 25.3 Å². The summed E-state index contributed by atoms with van der Waals surface area (Å²) in [5, 5.41) is 3.25. The predicted molar refractivity (Wildman–Crippen MR) is 107 cm³/mol. The third-order valence-corrected chi connectivity index (χ3v) is 5.63. The highest BCUT2D eigenvalue weighted by atomic mass is 16.7. The van der Waals surface area contributed by atoms with Gasteiger partial charge in [-0.15, -0.1) is 0 Å². The summed E-state index contributed by atoms with van der Waals surface area (Å²) >= 11 is 0.